The summed E-state index contributed by atoms with van der Waals surface area (Å²) >= 11 is 0. The van der Waals surface area contributed by atoms with E-state index in [1.165, 1.54) is 11.1 Å². The van der Waals surface area contributed by atoms with E-state index in [1.807, 2.05) is 0 Å². The van der Waals surface area contributed by atoms with E-state index in [0.29, 0.717) is 0 Å². The topological polar surface area (TPSA) is 41.1 Å². The van der Waals surface area contributed by atoms with Gasteiger partial charge in [-0.2, -0.15) is 0 Å². The molecule has 0 aromatic heterocycles. The largest absolute Gasteiger partial charge is 0.351 e. The van der Waals surface area contributed by atoms with Gasteiger partial charge < -0.3 is 10.6 Å². The predicted molar refractivity (Wildman–Crippen MR) is 76.0 cm³/mol. The number of hydrogen-bond acceptors (Lipinski definition) is 2. The maximum atomic E-state index is 12.5. The van der Waals surface area contributed by atoms with Crippen LogP contribution in [0, 0.1) is 5.92 Å². The molecule has 19 heavy (non-hydrogen) atoms. The van der Waals surface area contributed by atoms with Gasteiger partial charge >= 0.3 is 0 Å². The van der Waals surface area contributed by atoms with Crippen molar-refractivity contribution < 1.29 is 4.79 Å². The average Bonchev–Trinajstić information content (AvgIpc) is 2.83. The molecule has 1 fully saturated rings. The summed E-state index contributed by atoms with van der Waals surface area (Å²) in [7, 11) is 0. The van der Waals surface area contributed by atoms with Crippen molar-refractivity contribution in [2.75, 3.05) is 13.1 Å². The monoisotopic (exact) mass is 258 g/mol. The van der Waals surface area contributed by atoms with Gasteiger partial charge in [0.25, 0.3) is 0 Å². The van der Waals surface area contributed by atoms with E-state index in [1.54, 1.807) is 0 Å². The first kappa shape index (κ1) is 12.7. The summed E-state index contributed by atoms with van der Waals surface area (Å²) in [5, 5.41) is 6.64. The molecule has 1 heterocycles. The maximum absolute atomic E-state index is 12.5. The van der Waals surface area contributed by atoms with Gasteiger partial charge in [-0.15, -0.1) is 0 Å². The zero-order chi connectivity index (χ0) is 13.3. The number of rotatable bonds is 2. The quantitative estimate of drug-likeness (QED) is 0.847. The summed E-state index contributed by atoms with van der Waals surface area (Å²) < 4.78 is 0. The lowest BCUT2D eigenvalue weighted by atomic mass is 9.89. The normalized spacial score (nSPS) is 21.9. The third-order valence-electron chi connectivity index (χ3n) is 4.55. The second-order valence-electron chi connectivity index (χ2n) is 6.17. The van der Waals surface area contributed by atoms with Crippen LogP contribution in [0.4, 0.5) is 0 Å². The Morgan fingerprint density at radius 2 is 1.79 bits per heavy atom. The molecule has 1 aliphatic carbocycles. The van der Waals surface area contributed by atoms with Crippen molar-refractivity contribution in [3.05, 3.63) is 35.4 Å². The van der Waals surface area contributed by atoms with Crippen LogP contribution >= 0.6 is 0 Å². The summed E-state index contributed by atoms with van der Waals surface area (Å²) in [6, 6.07) is 8.42. The molecule has 1 aliphatic heterocycles. The molecule has 1 saturated heterocycles. The Labute approximate surface area is 114 Å². The fourth-order valence-electron chi connectivity index (χ4n) is 3.25. The molecule has 2 N–H and O–H groups in total. The van der Waals surface area contributed by atoms with Crippen LogP contribution in [0.25, 0.3) is 0 Å². The third kappa shape index (κ3) is 2.66. The molecule has 0 radical (unpaired) electrons. The van der Waals surface area contributed by atoms with E-state index in [2.05, 4.69) is 41.8 Å². The lowest BCUT2D eigenvalue weighted by Crippen LogP contribution is -2.53. The number of benzene rings is 1. The highest BCUT2D eigenvalue weighted by atomic mass is 16.2. The summed E-state index contributed by atoms with van der Waals surface area (Å²) in [5.74, 6) is 0.365. The van der Waals surface area contributed by atoms with E-state index >= 15 is 0 Å². The smallest absolute Gasteiger partial charge is 0.224 e. The predicted octanol–water partition coefficient (Wildman–Crippen LogP) is 1.66. The van der Waals surface area contributed by atoms with Gasteiger partial charge in [0.2, 0.25) is 5.91 Å². The Kier molecular flexibility index (Phi) is 3.31. The molecule has 2 aliphatic rings. The van der Waals surface area contributed by atoms with Gasteiger partial charge in [0.1, 0.15) is 0 Å². The highest BCUT2D eigenvalue weighted by Crippen LogP contribution is 2.27. The highest BCUT2D eigenvalue weighted by Gasteiger charge is 2.33. The molecule has 0 spiro atoms. The molecule has 0 unspecified atom stereocenters. The van der Waals surface area contributed by atoms with Crippen molar-refractivity contribution >= 4 is 5.91 Å². The van der Waals surface area contributed by atoms with Gasteiger partial charge in [0, 0.05) is 11.5 Å². The van der Waals surface area contributed by atoms with Crippen LogP contribution in [-0.4, -0.2) is 24.5 Å². The van der Waals surface area contributed by atoms with Gasteiger partial charge in [-0.25, -0.2) is 0 Å². The van der Waals surface area contributed by atoms with Gasteiger partial charge in [-0.05, 0) is 56.8 Å². The molecule has 3 heteroatoms. The molecule has 1 aromatic carbocycles. The standard InChI is InChI=1S/C16H22N2O/c1-16(6-8-17-9-7-16)18-15(19)14-10-12-4-2-3-5-13(12)11-14/h2-5,14,17H,6-11H2,1H3,(H,18,19). The lowest BCUT2D eigenvalue weighted by molar-refractivity contribution is -0.126. The van der Waals surface area contributed by atoms with E-state index in [-0.39, 0.29) is 17.4 Å². The van der Waals surface area contributed by atoms with Crippen molar-refractivity contribution in [2.24, 2.45) is 5.92 Å². The average molecular weight is 258 g/mol. The number of hydrogen-bond donors (Lipinski definition) is 2. The van der Waals surface area contributed by atoms with Crippen LogP contribution in [0.1, 0.15) is 30.9 Å². The summed E-state index contributed by atoms with van der Waals surface area (Å²) in [6.45, 7) is 4.18. The Bertz CT molecular complexity index is 452. The number of amides is 1. The van der Waals surface area contributed by atoms with Gasteiger partial charge in [0.15, 0.2) is 0 Å². The van der Waals surface area contributed by atoms with Crippen LogP contribution in [0.5, 0.6) is 0 Å². The number of piperidine rings is 1. The van der Waals surface area contributed by atoms with Crippen molar-refractivity contribution in [3.63, 3.8) is 0 Å². The van der Waals surface area contributed by atoms with Crippen LogP contribution in [0.15, 0.2) is 24.3 Å². The minimum Gasteiger partial charge on any atom is -0.351 e. The van der Waals surface area contributed by atoms with Crippen LogP contribution in [0.2, 0.25) is 0 Å². The molecule has 0 atom stereocenters. The molecule has 0 saturated carbocycles. The molecular weight excluding hydrogens is 236 g/mol. The van der Waals surface area contributed by atoms with E-state index in [0.717, 1.165) is 38.8 Å². The Balaban J connectivity index is 1.63. The van der Waals surface area contributed by atoms with E-state index in [4.69, 9.17) is 0 Å². The van der Waals surface area contributed by atoms with E-state index < -0.39 is 0 Å². The van der Waals surface area contributed by atoms with Crippen molar-refractivity contribution in [2.45, 2.75) is 38.1 Å². The van der Waals surface area contributed by atoms with Crippen LogP contribution < -0.4 is 10.6 Å². The maximum Gasteiger partial charge on any atom is 0.224 e. The highest BCUT2D eigenvalue weighted by molar-refractivity contribution is 5.81. The van der Waals surface area contributed by atoms with Crippen molar-refractivity contribution in [1.82, 2.24) is 10.6 Å². The zero-order valence-electron chi connectivity index (χ0n) is 11.5. The molecule has 3 rings (SSSR count). The Morgan fingerprint density at radius 3 is 2.37 bits per heavy atom. The molecule has 1 aromatic rings. The van der Waals surface area contributed by atoms with Gasteiger partial charge in [-0.1, -0.05) is 24.3 Å². The van der Waals surface area contributed by atoms with Crippen LogP contribution in [0.3, 0.4) is 0 Å². The molecule has 102 valence electrons. The second-order valence-corrected chi connectivity index (χ2v) is 6.17. The van der Waals surface area contributed by atoms with Crippen LogP contribution in [-0.2, 0) is 17.6 Å². The fourth-order valence-corrected chi connectivity index (χ4v) is 3.25. The summed E-state index contributed by atoms with van der Waals surface area (Å²) in [6.07, 6.45) is 3.85. The Morgan fingerprint density at radius 1 is 1.21 bits per heavy atom. The van der Waals surface area contributed by atoms with Gasteiger partial charge in [-0.3, -0.25) is 4.79 Å². The van der Waals surface area contributed by atoms with Crippen molar-refractivity contribution in [3.8, 4) is 0 Å². The first-order valence-electron chi connectivity index (χ1n) is 7.26. The second kappa shape index (κ2) is 4.97. The first-order chi connectivity index (χ1) is 9.16. The minimum atomic E-state index is -0.0168. The van der Waals surface area contributed by atoms with Crippen molar-refractivity contribution in [1.29, 1.82) is 0 Å². The Hall–Kier alpha value is -1.35. The third-order valence-corrected chi connectivity index (χ3v) is 4.55. The number of fused-ring (bicyclic) bond motifs is 1. The molecule has 3 nitrogen and oxygen atoms in total. The molecule has 1 amide bonds. The van der Waals surface area contributed by atoms with E-state index in [9.17, 15) is 4.79 Å². The number of carbonyl (C=O) groups is 1. The van der Waals surface area contributed by atoms with Gasteiger partial charge in [0.05, 0.1) is 0 Å². The number of carbonyl (C=O) groups excluding carboxylic acids is 1. The molecule has 0 bridgehead atoms. The summed E-state index contributed by atoms with van der Waals surface area (Å²) in [4.78, 5) is 12.5. The summed E-state index contributed by atoms with van der Waals surface area (Å²) in [5.41, 5.74) is 2.67. The lowest BCUT2D eigenvalue weighted by Gasteiger charge is -2.35. The SMILES string of the molecule is CC1(NC(=O)C2Cc3ccccc3C2)CCNCC1. The minimum absolute atomic E-state index is 0.0168. The fraction of sp³-hybridized carbons (Fsp3) is 0.562. The first-order valence-corrected chi connectivity index (χ1v) is 7.26. The number of nitrogens with one attached hydrogen (secondary N) is 2. The zero-order valence-corrected chi connectivity index (χ0v) is 11.5. The molecular formula is C16H22N2O.